The molecule has 2 aliphatic rings. The minimum atomic E-state index is 0.0254. The predicted octanol–water partition coefficient (Wildman–Crippen LogP) is 4.79. The average Bonchev–Trinajstić information content (AvgIpc) is 2.55. The molecule has 0 bridgehead atoms. The molecule has 0 aromatic heterocycles. The van der Waals surface area contributed by atoms with Crippen molar-refractivity contribution in [2.75, 3.05) is 0 Å². The van der Waals surface area contributed by atoms with Gasteiger partial charge in [-0.1, -0.05) is 16.7 Å². The van der Waals surface area contributed by atoms with E-state index < -0.39 is 0 Å². The van der Waals surface area contributed by atoms with E-state index in [1.165, 1.54) is 22.3 Å². The van der Waals surface area contributed by atoms with E-state index in [1.807, 2.05) is 24.6 Å². The Morgan fingerprint density at radius 3 is 2.72 bits per heavy atom. The van der Waals surface area contributed by atoms with Crippen LogP contribution in [0.1, 0.15) is 65.7 Å². The fourth-order valence-electron chi connectivity index (χ4n) is 3.04. The maximum absolute atomic E-state index is 11.7. The van der Waals surface area contributed by atoms with Crippen molar-refractivity contribution >= 4 is 17.8 Å². The number of rotatable bonds is 5. The minimum absolute atomic E-state index is 0.0254. The summed E-state index contributed by atoms with van der Waals surface area (Å²) in [6.45, 7) is 5.84. The lowest BCUT2D eigenvalue weighted by Gasteiger charge is -2.13. The molecule has 4 nitrogen and oxygen atoms in total. The molecule has 0 fully saturated rings. The van der Waals surface area contributed by atoms with E-state index in [2.05, 4.69) is 23.8 Å². The Hall–Kier alpha value is -2.23. The molecule has 4 heteroatoms. The quantitative estimate of drug-likeness (QED) is 0.782. The van der Waals surface area contributed by atoms with Gasteiger partial charge in [-0.15, -0.1) is 0 Å². The van der Waals surface area contributed by atoms with Crippen LogP contribution in [0.15, 0.2) is 56.3 Å². The largest absolute Gasteiger partial charge is 0.384 e. The fraction of sp³-hybridized carbons (Fsp3) is 0.476. The Kier molecular flexibility index (Phi) is 7.11. The monoisotopic (exact) mass is 339 g/mol. The third kappa shape index (κ3) is 6.29. The molecule has 0 saturated carbocycles. The third-order valence-electron chi connectivity index (χ3n) is 4.67. The first-order valence-corrected chi connectivity index (χ1v) is 9.08. The molecular formula is C21H29N3O. The molecule has 0 spiro atoms. The van der Waals surface area contributed by atoms with Gasteiger partial charge in [-0.25, -0.2) is 4.99 Å². The van der Waals surface area contributed by atoms with Gasteiger partial charge in [0.05, 0.1) is 0 Å². The van der Waals surface area contributed by atoms with E-state index in [4.69, 9.17) is 5.73 Å². The van der Waals surface area contributed by atoms with Gasteiger partial charge < -0.3 is 5.73 Å². The Labute approximate surface area is 151 Å². The number of aliphatic imine (C=N–C) groups is 2. The summed E-state index contributed by atoms with van der Waals surface area (Å²) in [6.07, 6.45) is 14.7. The summed E-state index contributed by atoms with van der Waals surface area (Å²) >= 11 is 0. The zero-order valence-corrected chi connectivity index (χ0v) is 15.6. The smallest absolute Gasteiger partial charge is 0.178 e. The van der Waals surface area contributed by atoms with Crippen LogP contribution in [0.4, 0.5) is 0 Å². The topological polar surface area (TPSA) is 67.8 Å². The highest BCUT2D eigenvalue weighted by Crippen LogP contribution is 2.25. The van der Waals surface area contributed by atoms with E-state index in [9.17, 15) is 4.79 Å². The van der Waals surface area contributed by atoms with Crippen LogP contribution in [0.3, 0.4) is 0 Å². The van der Waals surface area contributed by atoms with Crippen molar-refractivity contribution in [3.63, 3.8) is 0 Å². The number of allylic oxidation sites excluding steroid dienone is 6. The molecule has 134 valence electrons. The number of Topliss-reactive ketones (excluding diaryl/α,β-unsaturated/α-hetero) is 1. The second-order valence-electron chi connectivity index (χ2n) is 6.93. The van der Waals surface area contributed by atoms with Crippen LogP contribution in [0.2, 0.25) is 0 Å². The number of carbonyl (C=O) groups excluding carboxylic acids is 1. The first-order valence-electron chi connectivity index (χ1n) is 9.08. The van der Waals surface area contributed by atoms with Crippen molar-refractivity contribution in [1.82, 2.24) is 0 Å². The molecular weight excluding hydrogens is 310 g/mol. The van der Waals surface area contributed by atoms with Gasteiger partial charge in [-0.3, -0.25) is 9.79 Å². The minimum Gasteiger partial charge on any atom is -0.384 e. The highest BCUT2D eigenvalue weighted by atomic mass is 16.1. The maximum atomic E-state index is 11.7. The second-order valence-corrected chi connectivity index (χ2v) is 6.93. The van der Waals surface area contributed by atoms with Gasteiger partial charge in [-0.2, -0.15) is 0 Å². The lowest BCUT2D eigenvalue weighted by Crippen LogP contribution is -2.09. The molecule has 0 aromatic carbocycles. The molecule has 2 heterocycles. The summed E-state index contributed by atoms with van der Waals surface area (Å²) in [5, 5.41) is 0. The number of carbonyl (C=O) groups is 1. The summed E-state index contributed by atoms with van der Waals surface area (Å²) in [4.78, 5) is 20.3. The number of nitrogens with two attached hydrogens (primary N) is 1. The van der Waals surface area contributed by atoms with Gasteiger partial charge in [0.15, 0.2) is 5.78 Å². The fourth-order valence-corrected chi connectivity index (χ4v) is 3.04. The molecule has 2 aliphatic heterocycles. The molecule has 0 radical (unpaired) electrons. The molecule has 0 aromatic rings. The van der Waals surface area contributed by atoms with Gasteiger partial charge in [0, 0.05) is 19.3 Å². The van der Waals surface area contributed by atoms with E-state index in [-0.39, 0.29) is 5.78 Å². The Balaban J connectivity index is 2.03. The number of nitrogens with zero attached hydrogens (tertiary/aromatic N) is 2. The van der Waals surface area contributed by atoms with Crippen LogP contribution in [0, 0.1) is 0 Å². The van der Waals surface area contributed by atoms with Crippen molar-refractivity contribution in [1.29, 1.82) is 0 Å². The van der Waals surface area contributed by atoms with Crippen molar-refractivity contribution < 1.29 is 4.79 Å². The lowest BCUT2D eigenvalue weighted by molar-refractivity contribution is -0.113. The summed E-state index contributed by atoms with van der Waals surface area (Å²) in [5.74, 6) is 0.612. The van der Waals surface area contributed by atoms with Crippen LogP contribution in [-0.4, -0.2) is 17.8 Å². The molecule has 0 saturated heterocycles. The predicted molar refractivity (Wildman–Crippen MR) is 106 cm³/mol. The SMILES string of the molecule is CC(=O)C1=C/C(CCC/C2=C/C(N)=N\C=C(/C)CC2)=C(\C)CCC=N1. The normalized spacial score (nSPS) is 28.1. The van der Waals surface area contributed by atoms with Crippen molar-refractivity contribution in [3.05, 3.63) is 46.3 Å². The van der Waals surface area contributed by atoms with Crippen molar-refractivity contribution in [3.8, 4) is 0 Å². The lowest BCUT2D eigenvalue weighted by atomic mass is 9.94. The first-order chi connectivity index (χ1) is 12.0. The zero-order chi connectivity index (χ0) is 18.2. The number of amidine groups is 1. The van der Waals surface area contributed by atoms with Gasteiger partial charge in [0.1, 0.15) is 11.5 Å². The van der Waals surface area contributed by atoms with E-state index >= 15 is 0 Å². The Bertz CT molecular complexity index is 703. The molecule has 0 atom stereocenters. The molecule has 0 unspecified atom stereocenters. The summed E-state index contributed by atoms with van der Waals surface area (Å²) < 4.78 is 0. The van der Waals surface area contributed by atoms with E-state index in [1.54, 1.807) is 6.92 Å². The zero-order valence-electron chi connectivity index (χ0n) is 15.6. The molecule has 25 heavy (non-hydrogen) atoms. The molecule has 0 amide bonds. The standard InChI is InChI=1S/C21H29N3O/c1-15-9-10-18(12-21(22)24-14-15)7-4-8-19-13-20(17(3)25)23-11-5-6-16(19)2/h11-14H,4-10H2,1-3H3,(H2,22,24)/b15-14+,18-12-,19-16+,20-13?,23-11?. The van der Waals surface area contributed by atoms with Gasteiger partial charge >= 0.3 is 0 Å². The van der Waals surface area contributed by atoms with E-state index in [0.717, 1.165) is 44.9 Å². The van der Waals surface area contributed by atoms with Gasteiger partial charge in [0.25, 0.3) is 0 Å². The van der Waals surface area contributed by atoms with E-state index in [0.29, 0.717) is 11.5 Å². The van der Waals surface area contributed by atoms with Crippen molar-refractivity contribution in [2.45, 2.75) is 65.7 Å². The Morgan fingerprint density at radius 2 is 1.96 bits per heavy atom. The number of hydrogen-bond donors (Lipinski definition) is 1. The van der Waals surface area contributed by atoms with Gasteiger partial charge in [0.2, 0.25) is 0 Å². The maximum Gasteiger partial charge on any atom is 0.178 e. The highest BCUT2D eigenvalue weighted by molar-refractivity contribution is 5.95. The first kappa shape index (κ1) is 19.1. The van der Waals surface area contributed by atoms with Crippen LogP contribution >= 0.6 is 0 Å². The number of ketones is 1. The molecule has 0 aliphatic carbocycles. The third-order valence-corrected chi connectivity index (χ3v) is 4.67. The van der Waals surface area contributed by atoms with Gasteiger partial charge in [-0.05, 0) is 76.5 Å². The Morgan fingerprint density at radius 1 is 1.16 bits per heavy atom. The van der Waals surface area contributed by atoms with Crippen molar-refractivity contribution in [2.24, 2.45) is 15.7 Å². The number of hydrogen-bond acceptors (Lipinski definition) is 4. The van der Waals surface area contributed by atoms with Crippen LogP contribution < -0.4 is 5.73 Å². The van der Waals surface area contributed by atoms with Crippen LogP contribution in [-0.2, 0) is 4.79 Å². The average molecular weight is 339 g/mol. The summed E-state index contributed by atoms with van der Waals surface area (Å²) in [5.41, 5.74) is 11.7. The van der Waals surface area contributed by atoms with Crippen LogP contribution in [0.5, 0.6) is 0 Å². The second kappa shape index (κ2) is 9.30. The highest BCUT2D eigenvalue weighted by Gasteiger charge is 2.10. The molecule has 2 N–H and O–H groups in total. The summed E-state index contributed by atoms with van der Waals surface area (Å²) in [6, 6.07) is 0. The van der Waals surface area contributed by atoms with Crippen LogP contribution in [0.25, 0.3) is 0 Å². The summed E-state index contributed by atoms with van der Waals surface area (Å²) in [7, 11) is 0. The molecule has 2 rings (SSSR count).